The van der Waals surface area contributed by atoms with Crippen molar-refractivity contribution in [2.75, 3.05) is 11.4 Å². The van der Waals surface area contributed by atoms with E-state index in [0.717, 1.165) is 30.8 Å². The van der Waals surface area contributed by atoms with Gasteiger partial charge in [0.15, 0.2) is 0 Å². The van der Waals surface area contributed by atoms with Gasteiger partial charge in [0.1, 0.15) is 0 Å². The zero-order valence-corrected chi connectivity index (χ0v) is 11.8. The first-order valence-electron chi connectivity index (χ1n) is 7.23. The van der Waals surface area contributed by atoms with E-state index in [1.165, 1.54) is 10.5 Å². The molecule has 1 saturated carbocycles. The minimum atomic E-state index is -0.141. The molecule has 2 aliphatic heterocycles. The summed E-state index contributed by atoms with van der Waals surface area (Å²) in [4.78, 5) is 26.5. The van der Waals surface area contributed by atoms with Crippen LogP contribution in [0.1, 0.15) is 25.0 Å². The van der Waals surface area contributed by atoms with E-state index in [1.807, 2.05) is 26.0 Å². The minimum absolute atomic E-state index is 0.0102. The van der Waals surface area contributed by atoms with Gasteiger partial charge in [-0.3, -0.25) is 9.59 Å². The second kappa shape index (κ2) is 3.70. The highest BCUT2D eigenvalue weighted by atomic mass is 16.2. The Hall–Kier alpha value is -1.68. The van der Waals surface area contributed by atoms with Crippen LogP contribution in [0.4, 0.5) is 5.69 Å². The smallest absolute Gasteiger partial charge is 0.238 e. The van der Waals surface area contributed by atoms with Crippen molar-refractivity contribution in [2.24, 2.45) is 17.3 Å². The molecule has 2 amide bonds. The molecule has 2 fully saturated rings. The summed E-state index contributed by atoms with van der Waals surface area (Å²) in [6.45, 7) is 5.72. The Kier molecular flexibility index (Phi) is 2.24. The monoisotopic (exact) mass is 270 g/mol. The van der Waals surface area contributed by atoms with E-state index in [4.69, 9.17) is 0 Å². The summed E-state index contributed by atoms with van der Waals surface area (Å²) in [6.07, 6.45) is 0.956. The quantitative estimate of drug-likeness (QED) is 0.786. The first kappa shape index (κ1) is 12.1. The lowest BCUT2D eigenvalue weighted by atomic mass is 9.97. The Morgan fingerprint density at radius 1 is 1.20 bits per heavy atom. The number of amides is 2. The molecule has 3 aliphatic rings. The van der Waals surface area contributed by atoms with Gasteiger partial charge in [0.25, 0.3) is 0 Å². The fraction of sp³-hybridized carbons (Fsp3) is 0.500. The molecule has 1 saturated heterocycles. The molecule has 4 nitrogen and oxygen atoms in total. The molecule has 2 atom stereocenters. The van der Waals surface area contributed by atoms with Gasteiger partial charge >= 0.3 is 0 Å². The highest BCUT2D eigenvalue weighted by molar-refractivity contribution is 6.26. The fourth-order valence-electron chi connectivity index (χ4n) is 3.89. The van der Waals surface area contributed by atoms with Gasteiger partial charge in [0.05, 0.1) is 17.5 Å². The largest absolute Gasteiger partial charge is 0.312 e. The van der Waals surface area contributed by atoms with Crippen LogP contribution in [0.15, 0.2) is 18.2 Å². The molecule has 1 aliphatic carbocycles. The third-order valence-corrected chi connectivity index (χ3v) is 5.16. The number of carbonyl (C=O) groups excluding carboxylic acids is 2. The number of nitrogens with one attached hydrogen (secondary N) is 1. The SMILES string of the molecule is CC1(C)C2C(=O)N(c3cccc4c3CNCC4)C(=O)C21. The van der Waals surface area contributed by atoms with Crippen LogP contribution in [0.25, 0.3) is 0 Å². The molecule has 0 spiro atoms. The number of hydrogen-bond acceptors (Lipinski definition) is 3. The third kappa shape index (κ3) is 1.35. The van der Waals surface area contributed by atoms with Crippen LogP contribution in [0, 0.1) is 17.3 Å². The van der Waals surface area contributed by atoms with Gasteiger partial charge in [-0.25, -0.2) is 4.90 Å². The molecular weight excluding hydrogens is 252 g/mol. The molecule has 104 valence electrons. The number of fused-ring (bicyclic) bond motifs is 2. The molecule has 0 radical (unpaired) electrons. The number of nitrogens with zero attached hydrogens (tertiary/aromatic N) is 1. The topological polar surface area (TPSA) is 49.4 Å². The van der Waals surface area contributed by atoms with Crippen molar-refractivity contribution in [1.82, 2.24) is 5.32 Å². The van der Waals surface area contributed by atoms with Crippen molar-refractivity contribution in [3.8, 4) is 0 Å². The Balaban J connectivity index is 1.77. The number of imide groups is 1. The molecular formula is C16H18N2O2. The third-order valence-electron chi connectivity index (χ3n) is 5.16. The van der Waals surface area contributed by atoms with E-state index < -0.39 is 0 Å². The number of rotatable bonds is 1. The van der Waals surface area contributed by atoms with Gasteiger partial charge in [0.2, 0.25) is 11.8 Å². The average Bonchev–Trinajstić information content (AvgIpc) is 2.89. The number of piperidine rings is 1. The van der Waals surface area contributed by atoms with Crippen LogP contribution in [-0.4, -0.2) is 18.4 Å². The van der Waals surface area contributed by atoms with Crippen LogP contribution in [0.2, 0.25) is 0 Å². The Bertz CT molecular complexity index is 611. The second-order valence-electron chi connectivity index (χ2n) is 6.63. The van der Waals surface area contributed by atoms with Crippen molar-refractivity contribution in [3.63, 3.8) is 0 Å². The number of carbonyl (C=O) groups is 2. The Morgan fingerprint density at radius 2 is 1.90 bits per heavy atom. The van der Waals surface area contributed by atoms with Crippen molar-refractivity contribution in [3.05, 3.63) is 29.3 Å². The highest BCUT2D eigenvalue weighted by Crippen LogP contribution is 2.63. The summed E-state index contributed by atoms with van der Waals surface area (Å²) < 4.78 is 0. The lowest BCUT2D eigenvalue weighted by Gasteiger charge is -2.26. The number of benzene rings is 1. The van der Waals surface area contributed by atoms with E-state index in [-0.39, 0.29) is 29.1 Å². The number of anilines is 1. The molecule has 0 aromatic heterocycles. The summed E-state index contributed by atoms with van der Waals surface area (Å²) in [6, 6.07) is 5.95. The van der Waals surface area contributed by atoms with Gasteiger partial charge in [-0.15, -0.1) is 0 Å². The minimum Gasteiger partial charge on any atom is -0.312 e. The van der Waals surface area contributed by atoms with Crippen LogP contribution in [-0.2, 0) is 22.6 Å². The van der Waals surface area contributed by atoms with E-state index in [1.54, 1.807) is 0 Å². The molecule has 0 bridgehead atoms. The second-order valence-corrected chi connectivity index (χ2v) is 6.63. The van der Waals surface area contributed by atoms with Crippen LogP contribution in [0.5, 0.6) is 0 Å². The summed E-state index contributed by atoms with van der Waals surface area (Å²) >= 11 is 0. The predicted octanol–water partition coefficient (Wildman–Crippen LogP) is 1.48. The van der Waals surface area contributed by atoms with Crippen LogP contribution >= 0.6 is 0 Å². The van der Waals surface area contributed by atoms with Gasteiger partial charge in [-0.1, -0.05) is 26.0 Å². The molecule has 1 N–H and O–H groups in total. The summed E-state index contributed by atoms with van der Waals surface area (Å²) in [5, 5.41) is 3.32. The van der Waals surface area contributed by atoms with Crippen molar-refractivity contribution in [1.29, 1.82) is 0 Å². The lowest BCUT2D eigenvalue weighted by Crippen LogP contribution is -2.38. The predicted molar refractivity (Wildman–Crippen MR) is 75.1 cm³/mol. The van der Waals surface area contributed by atoms with E-state index in [2.05, 4.69) is 11.4 Å². The van der Waals surface area contributed by atoms with Crippen LogP contribution < -0.4 is 10.2 Å². The highest BCUT2D eigenvalue weighted by Gasteiger charge is 2.72. The summed E-state index contributed by atoms with van der Waals surface area (Å²) in [5.41, 5.74) is 3.02. The fourth-order valence-corrected chi connectivity index (χ4v) is 3.89. The summed E-state index contributed by atoms with van der Waals surface area (Å²) in [5.74, 6) is -0.238. The van der Waals surface area contributed by atoms with Crippen molar-refractivity contribution < 1.29 is 9.59 Å². The van der Waals surface area contributed by atoms with E-state index in [9.17, 15) is 9.59 Å². The maximum Gasteiger partial charge on any atom is 0.238 e. The first-order chi connectivity index (χ1) is 9.53. The maximum atomic E-state index is 12.5. The van der Waals surface area contributed by atoms with E-state index >= 15 is 0 Å². The molecule has 2 unspecified atom stereocenters. The van der Waals surface area contributed by atoms with Crippen LogP contribution in [0.3, 0.4) is 0 Å². The molecule has 1 aromatic rings. The van der Waals surface area contributed by atoms with Gasteiger partial charge in [0, 0.05) is 6.54 Å². The Morgan fingerprint density at radius 3 is 2.60 bits per heavy atom. The average molecular weight is 270 g/mol. The zero-order chi connectivity index (χ0) is 14.1. The molecule has 4 heteroatoms. The van der Waals surface area contributed by atoms with Gasteiger partial charge < -0.3 is 5.32 Å². The van der Waals surface area contributed by atoms with Gasteiger partial charge in [-0.2, -0.15) is 0 Å². The molecule has 20 heavy (non-hydrogen) atoms. The maximum absolute atomic E-state index is 12.5. The zero-order valence-electron chi connectivity index (χ0n) is 11.8. The van der Waals surface area contributed by atoms with Crippen molar-refractivity contribution >= 4 is 17.5 Å². The molecule has 2 heterocycles. The van der Waals surface area contributed by atoms with Crippen molar-refractivity contribution in [2.45, 2.75) is 26.8 Å². The van der Waals surface area contributed by atoms with Gasteiger partial charge in [-0.05, 0) is 35.6 Å². The standard InChI is InChI=1S/C16H18N2O2/c1-16(2)12-13(16)15(20)18(14(12)19)11-5-3-4-9-6-7-17-8-10(9)11/h3-5,12-13,17H,6-8H2,1-2H3. The lowest BCUT2D eigenvalue weighted by molar-refractivity contribution is -0.125. The normalized spacial score (nSPS) is 30.2. The Labute approximate surface area is 118 Å². The summed E-state index contributed by atoms with van der Waals surface area (Å²) in [7, 11) is 0. The van der Waals surface area contributed by atoms with E-state index in [0.29, 0.717) is 0 Å². The molecule has 4 rings (SSSR count). The first-order valence-corrected chi connectivity index (χ1v) is 7.23. The number of hydrogen-bond donors (Lipinski definition) is 1. The molecule has 1 aromatic carbocycles.